The molecule has 2 aromatic carbocycles. The van der Waals surface area contributed by atoms with Crippen molar-refractivity contribution in [2.75, 3.05) is 6.61 Å². The maximum absolute atomic E-state index is 15.1. The van der Waals surface area contributed by atoms with Gasteiger partial charge in [0.2, 0.25) is 0 Å². The summed E-state index contributed by atoms with van der Waals surface area (Å²) in [4.78, 5) is 0. The summed E-state index contributed by atoms with van der Waals surface area (Å²) in [6.07, 6.45) is 10.8. The fraction of sp³-hybridized carbons (Fsp3) is 0.517. The Kier molecular flexibility index (Phi) is 8.13. The maximum Gasteiger partial charge on any atom is 0.167 e. The van der Waals surface area contributed by atoms with Crippen molar-refractivity contribution in [3.8, 4) is 11.1 Å². The zero-order valence-corrected chi connectivity index (χ0v) is 20.1. The highest BCUT2D eigenvalue weighted by molar-refractivity contribution is 5.66. The van der Waals surface area contributed by atoms with Crippen LogP contribution in [0.25, 0.3) is 11.1 Å². The first-order valence-electron chi connectivity index (χ1n) is 12.6. The van der Waals surface area contributed by atoms with E-state index in [4.69, 9.17) is 4.74 Å². The maximum atomic E-state index is 15.1. The highest BCUT2D eigenvalue weighted by Gasteiger charge is 2.29. The highest BCUT2D eigenvalue weighted by Crippen LogP contribution is 2.41. The van der Waals surface area contributed by atoms with Crippen LogP contribution in [0.5, 0.6) is 0 Å². The lowest BCUT2D eigenvalue weighted by molar-refractivity contribution is -0.00743. The number of ether oxygens (including phenoxy) is 1. The molecule has 5 heteroatoms. The minimum Gasteiger partial charge on any atom is -0.373 e. The van der Waals surface area contributed by atoms with E-state index in [1.807, 2.05) is 19.1 Å². The summed E-state index contributed by atoms with van der Waals surface area (Å²) >= 11 is 0. The van der Waals surface area contributed by atoms with E-state index in [2.05, 4.69) is 6.92 Å². The first-order chi connectivity index (χ1) is 16.4. The third-order valence-corrected chi connectivity index (χ3v) is 7.62. The molecule has 2 atom stereocenters. The Morgan fingerprint density at radius 1 is 0.794 bits per heavy atom. The van der Waals surface area contributed by atoms with E-state index in [9.17, 15) is 4.39 Å². The molecule has 1 saturated carbocycles. The molecule has 0 aromatic heterocycles. The largest absolute Gasteiger partial charge is 0.373 e. The van der Waals surface area contributed by atoms with Gasteiger partial charge in [0.15, 0.2) is 23.3 Å². The molecule has 1 aliphatic heterocycles. The van der Waals surface area contributed by atoms with Crippen LogP contribution in [0, 0.1) is 35.1 Å². The first-order valence-corrected chi connectivity index (χ1v) is 12.6. The zero-order valence-electron chi connectivity index (χ0n) is 20.1. The fourth-order valence-corrected chi connectivity index (χ4v) is 5.72. The summed E-state index contributed by atoms with van der Waals surface area (Å²) < 4.78 is 66.0. The Labute approximate surface area is 200 Å². The summed E-state index contributed by atoms with van der Waals surface area (Å²) in [6, 6.07) is 5.72. The SMILES string of the molecule is CC=CC1CCC(c2ccc(-c3ccc(C4CCC(CCC)CC4)c(F)c3F)c(F)c2F)OC1. The predicted octanol–water partition coefficient (Wildman–Crippen LogP) is 9.03. The minimum atomic E-state index is -1.16. The predicted molar refractivity (Wildman–Crippen MR) is 128 cm³/mol. The van der Waals surface area contributed by atoms with Gasteiger partial charge in [0, 0.05) is 22.6 Å². The molecule has 184 valence electrons. The molecule has 0 amide bonds. The van der Waals surface area contributed by atoms with Crippen molar-refractivity contribution >= 4 is 0 Å². The van der Waals surface area contributed by atoms with Gasteiger partial charge in [0.25, 0.3) is 0 Å². The van der Waals surface area contributed by atoms with Gasteiger partial charge >= 0.3 is 0 Å². The Hall–Kier alpha value is -2.14. The van der Waals surface area contributed by atoms with E-state index in [1.54, 1.807) is 6.07 Å². The van der Waals surface area contributed by atoms with Gasteiger partial charge in [-0.1, -0.05) is 56.2 Å². The van der Waals surface area contributed by atoms with Crippen LogP contribution in [0.15, 0.2) is 36.4 Å². The van der Waals surface area contributed by atoms with E-state index in [1.165, 1.54) is 24.6 Å². The average Bonchev–Trinajstić information content (AvgIpc) is 2.85. The second kappa shape index (κ2) is 11.1. The Morgan fingerprint density at radius 2 is 1.41 bits per heavy atom. The molecule has 1 saturated heterocycles. The zero-order chi connectivity index (χ0) is 24.2. The summed E-state index contributed by atoms with van der Waals surface area (Å²) in [5.74, 6) is -3.37. The van der Waals surface area contributed by atoms with Crippen LogP contribution in [0.3, 0.4) is 0 Å². The van der Waals surface area contributed by atoms with Crippen LogP contribution in [-0.2, 0) is 4.74 Å². The van der Waals surface area contributed by atoms with Gasteiger partial charge in [-0.05, 0) is 62.8 Å². The van der Waals surface area contributed by atoms with Crippen molar-refractivity contribution in [2.45, 2.75) is 77.2 Å². The first kappa shape index (κ1) is 25.0. The van der Waals surface area contributed by atoms with Gasteiger partial charge < -0.3 is 4.74 Å². The molecule has 2 unspecified atom stereocenters. The smallest absolute Gasteiger partial charge is 0.167 e. The lowest BCUT2D eigenvalue weighted by atomic mass is 9.77. The third-order valence-electron chi connectivity index (χ3n) is 7.62. The van der Waals surface area contributed by atoms with E-state index in [0.29, 0.717) is 24.5 Å². The van der Waals surface area contributed by atoms with Gasteiger partial charge in [0.05, 0.1) is 12.7 Å². The van der Waals surface area contributed by atoms with Crippen LogP contribution < -0.4 is 0 Å². The van der Waals surface area contributed by atoms with Crippen LogP contribution in [0.1, 0.15) is 88.4 Å². The standard InChI is InChI=1S/C29H34F4O/c1-3-5-18-7-10-20(11-8-18)21-12-13-22(27(31)26(21)30)23-14-15-24(29(33)28(23)32)25-16-9-19(6-4-2)17-34-25/h4,6,12-15,18-20,25H,3,5,7-11,16-17H2,1-2H3. The van der Waals surface area contributed by atoms with Gasteiger partial charge in [-0.3, -0.25) is 0 Å². The van der Waals surface area contributed by atoms with Gasteiger partial charge in [-0.15, -0.1) is 0 Å². The Morgan fingerprint density at radius 3 is 1.97 bits per heavy atom. The number of benzene rings is 2. The average molecular weight is 475 g/mol. The van der Waals surface area contributed by atoms with Crippen molar-refractivity contribution < 1.29 is 22.3 Å². The van der Waals surface area contributed by atoms with Crippen molar-refractivity contribution in [3.05, 3.63) is 70.8 Å². The molecule has 0 spiro atoms. The quantitative estimate of drug-likeness (QED) is 0.300. The Bertz CT molecular complexity index is 1020. The summed E-state index contributed by atoms with van der Waals surface area (Å²) in [6.45, 7) is 4.54. The number of halogens is 4. The number of hydrogen-bond acceptors (Lipinski definition) is 1. The van der Waals surface area contributed by atoms with E-state index >= 15 is 13.2 Å². The van der Waals surface area contributed by atoms with Crippen molar-refractivity contribution in [3.63, 3.8) is 0 Å². The van der Waals surface area contributed by atoms with Crippen molar-refractivity contribution in [2.24, 2.45) is 11.8 Å². The van der Waals surface area contributed by atoms with E-state index in [0.717, 1.165) is 38.5 Å². The topological polar surface area (TPSA) is 9.23 Å². The fourth-order valence-electron chi connectivity index (χ4n) is 5.72. The third kappa shape index (κ3) is 5.10. The molecule has 2 aliphatic rings. The molecule has 2 aromatic rings. The van der Waals surface area contributed by atoms with Crippen LogP contribution in [0.2, 0.25) is 0 Å². The summed E-state index contributed by atoms with van der Waals surface area (Å²) in [5.41, 5.74) is -0.0402. The van der Waals surface area contributed by atoms with Crippen LogP contribution in [-0.4, -0.2) is 6.61 Å². The molecule has 4 rings (SSSR count). The lowest BCUT2D eigenvalue weighted by Crippen LogP contribution is -2.20. The van der Waals surface area contributed by atoms with Gasteiger partial charge in [-0.25, -0.2) is 17.6 Å². The minimum absolute atomic E-state index is 0.0320. The van der Waals surface area contributed by atoms with Crippen molar-refractivity contribution in [1.82, 2.24) is 0 Å². The van der Waals surface area contributed by atoms with Gasteiger partial charge in [0.1, 0.15) is 0 Å². The molecule has 2 fully saturated rings. The molecule has 0 bridgehead atoms. The molecule has 1 nitrogen and oxygen atoms in total. The number of allylic oxidation sites excluding steroid dienone is 1. The van der Waals surface area contributed by atoms with Crippen molar-refractivity contribution in [1.29, 1.82) is 0 Å². The van der Waals surface area contributed by atoms with Gasteiger partial charge in [-0.2, -0.15) is 0 Å². The molecular weight excluding hydrogens is 440 g/mol. The molecule has 0 N–H and O–H groups in total. The monoisotopic (exact) mass is 474 g/mol. The molecule has 34 heavy (non-hydrogen) atoms. The van der Waals surface area contributed by atoms with Crippen LogP contribution >= 0.6 is 0 Å². The van der Waals surface area contributed by atoms with E-state index in [-0.39, 0.29) is 28.5 Å². The summed E-state index contributed by atoms with van der Waals surface area (Å²) in [5, 5.41) is 0. The molecule has 1 heterocycles. The summed E-state index contributed by atoms with van der Waals surface area (Å²) in [7, 11) is 0. The second-order valence-corrected chi connectivity index (χ2v) is 9.85. The van der Waals surface area contributed by atoms with E-state index < -0.39 is 29.4 Å². The van der Waals surface area contributed by atoms with Crippen LogP contribution in [0.4, 0.5) is 17.6 Å². The normalized spacial score (nSPS) is 25.7. The molecule has 1 aliphatic carbocycles. The molecular formula is C29H34F4O. The molecule has 0 radical (unpaired) electrons. The number of rotatable bonds is 6. The second-order valence-electron chi connectivity index (χ2n) is 9.85. The lowest BCUT2D eigenvalue weighted by Gasteiger charge is -2.29. The Balaban J connectivity index is 1.54. The number of hydrogen-bond donors (Lipinski definition) is 0. The highest BCUT2D eigenvalue weighted by atomic mass is 19.2.